The molecule has 0 fully saturated rings. The fourth-order valence-corrected chi connectivity index (χ4v) is 2.04. The Labute approximate surface area is 96.4 Å². The number of aryl methyl sites for hydroxylation is 1. The van der Waals surface area contributed by atoms with Crippen LogP contribution >= 0.6 is 0 Å². The Bertz CT molecular complexity index is 362. The van der Waals surface area contributed by atoms with Gasteiger partial charge in [-0.15, -0.1) is 0 Å². The second-order valence-corrected chi connectivity index (χ2v) is 4.11. The lowest BCUT2D eigenvalue weighted by atomic mass is 10.0. The third-order valence-electron chi connectivity index (χ3n) is 3.09. The fourth-order valence-electron chi connectivity index (χ4n) is 2.04. The topological polar surface area (TPSA) is 47.0 Å². The third kappa shape index (κ3) is 2.08. The van der Waals surface area contributed by atoms with Crippen LogP contribution in [0.1, 0.15) is 42.7 Å². The summed E-state index contributed by atoms with van der Waals surface area (Å²) in [5.74, 6) is 0.807. The minimum atomic E-state index is -0.0301. The summed E-state index contributed by atoms with van der Waals surface area (Å²) in [6, 6.07) is 0. The molecule has 0 spiro atoms. The lowest BCUT2D eigenvalue weighted by Crippen LogP contribution is -2.27. The van der Waals surface area contributed by atoms with Gasteiger partial charge in [0, 0.05) is 19.3 Å². The molecule has 0 bridgehead atoms. The van der Waals surface area contributed by atoms with Crippen LogP contribution in [-0.2, 0) is 24.1 Å². The lowest BCUT2D eigenvalue weighted by molar-refractivity contribution is 0.111. The molecular formula is C12H19N3O. The molecule has 0 aromatic carbocycles. The van der Waals surface area contributed by atoms with Gasteiger partial charge in [-0.2, -0.15) is 0 Å². The lowest BCUT2D eigenvalue weighted by Gasteiger charge is -2.20. The summed E-state index contributed by atoms with van der Waals surface area (Å²) in [5, 5.41) is 3.35. The summed E-state index contributed by atoms with van der Waals surface area (Å²) in [6.07, 6.45) is 1.98. The first kappa shape index (κ1) is 11.5. The van der Waals surface area contributed by atoms with Crippen LogP contribution in [0, 0.1) is 0 Å². The maximum atomic E-state index is 5.28. The molecule has 2 heterocycles. The number of nitrogens with one attached hydrogen (secondary N) is 1. The van der Waals surface area contributed by atoms with Crippen LogP contribution in [0.15, 0.2) is 0 Å². The minimum absolute atomic E-state index is 0.0301. The van der Waals surface area contributed by atoms with E-state index in [-0.39, 0.29) is 6.10 Å². The van der Waals surface area contributed by atoms with Crippen molar-refractivity contribution in [2.75, 3.05) is 13.7 Å². The highest BCUT2D eigenvalue weighted by atomic mass is 16.5. The zero-order valence-corrected chi connectivity index (χ0v) is 10.2. The van der Waals surface area contributed by atoms with Crippen molar-refractivity contribution in [3.8, 4) is 0 Å². The maximum Gasteiger partial charge on any atom is 0.157 e. The van der Waals surface area contributed by atoms with Crippen molar-refractivity contribution in [2.24, 2.45) is 0 Å². The van der Waals surface area contributed by atoms with Crippen molar-refractivity contribution < 1.29 is 4.74 Å². The molecule has 4 nitrogen and oxygen atoms in total. The summed E-state index contributed by atoms with van der Waals surface area (Å²) < 4.78 is 5.28. The number of aromatic nitrogens is 2. The number of rotatable bonds is 3. The highest BCUT2D eigenvalue weighted by Crippen LogP contribution is 2.20. The Kier molecular flexibility index (Phi) is 3.51. The van der Waals surface area contributed by atoms with E-state index in [9.17, 15) is 0 Å². The van der Waals surface area contributed by atoms with Crippen molar-refractivity contribution in [3.63, 3.8) is 0 Å². The third-order valence-corrected chi connectivity index (χ3v) is 3.09. The zero-order chi connectivity index (χ0) is 11.5. The first-order valence-corrected chi connectivity index (χ1v) is 5.88. The molecule has 1 unspecified atom stereocenters. The van der Waals surface area contributed by atoms with E-state index in [4.69, 9.17) is 4.74 Å². The van der Waals surface area contributed by atoms with Crippen molar-refractivity contribution in [1.29, 1.82) is 0 Å². The Morgan fingerprint density at radius 3 is 2.94 bits per heavy atom. The van der Waals surface area contributed by atoms with Crippen LogP contribution in [0.3, 0.4) is 0 Å². The van der Waals surface area contributed by atoms with E-state index in [2.05, 4.69) is 22.2 Å². The van der Waals surface area contributed by atoms with E-state index in [0.29, 0.717) is 0 Å². The van der Waals surface area contributed by atoms with Gasteiger partial charge < -0.3 is 10.1 Å². The molecule has 1 aliphatic heterocycles. The zero-order valence-electron chi connectivity index (χ0n) is 10.2. The smallest absolute Gasteiger partial charge is 0.157 e. The highest BCUT2D eigenvalue weighted by molar-refractivity contribution is 5.28. The highest BCUT2D eigenvalue weighted by Gasteiger charge is 2.18. The van der Waals surface area contributed by atoms with Crippen LogP contribution in [0.5, 0.6) is 0 Å². The van der Waals surface area contributed by atoms with Crippen molar-refractivity contribution in [1.82, 2.24) is 15.3 Å². The Morgan fingerprint density at radius 2 is 2.25 bits per heavy atom. The molecule has 1 aromatic rings. The second-order valence-electron chi connectivity index (χ2n) is 4.11. The van der Waals surface area contributed by atoms with Crippen LogP contribution in [-0.4, -0.2) is 23.6 Å². The minimum Gasteiger partial charge on any atom is -0.374 e. The summed E-state index contributed by atoms with van der Waals surface area (Å²) in [6.45, 7) is 6.01. The van der Waals surface area contributed by atoms with Crippen molar-refractivity contribution in [3.05, 3.63) is 22.8 Å². The molecule has 1 aromatic heterocycles. The van der Waals surface area contributed by atoms with Gasteiger partial charge in [-0.1, -0.05) is 6.92 Å². The number of nitrogens with zero attached hydrogens (tertiary/aromatic N) is 2. The van der Waals surface area contributed by atoms with Gasteiger partial charge in [0.15, 0.2) is 5.82 Å². The molecule has 0 amide bonds. The van der Waals surface area contributed by atoms with Gasteiger partial charge in [0.2, 0.25) is 0 Å². The monoisotopic (exact) mass is 221 g/mol. The molecule has 1 N–H and O–H groups in total. The average Bonchev–Trinajstić information content (AvgIpc) is 2.36. The fraction of sp³-hybridized carbons (Fsp3) is 0.667. The number of fused-ring (bicyclic) bond motifs is 1. The Morgan fingerprint density at radius 1 is 1.44 bits per heavy atom. The Balaban J connectivity index is 2.43. The number of methoxy groups -OCH3 is 1. The van der Waals surface area contributed by atoms with Crippen LogP contribution in [0.4, 0.5) is 0 Å². The number of hydrogen-bond acceptors (Lipinski definition) is 4. The largest absolute Gasteiger partial charge is 0.374 e. The summed E-state index contributed by atoms with van der Waals surface area (Å²) in [4.78, 5) is 9.21. The molecular weight excluding hydrogens is 202 g/mol. The van der Waals surface area contributed by atoms with E-state index >= 15 is 0 Å². The maximum absolute atomic E-state index is 5.28. The van der Waals surface area contributed by atoms with Crippen LogP contribution < -0.4 is 5.32 Å². The van der Waals surface area contributed by atoms with Gasteiger partial charge in [-0.3, -0.25) is 0 Å². The summed E-state index contributed by atoms with van der Waals surface area (Å²) in [7, 11) is 1.69. The predicted octanol–water partition coefficient (Wildman–Crippen LogP) is 1.39. The molecule has 2 rings (SSSR count). The van der Waals surface area contributed by atoms with Crippen LogP contribution in [0.2, 0.25) is 0 Å². The SMILES string of the molecule is CCc1nc(C(C)OC)nc2c1CCNC2. The quantitative estimate of drug-likeness (QED) is 0.838. The van der Waals surface area contributed by atoms with Crippen molar-refractivity contribution >= 4 is 0 Å². The van der Waals surface area contributed by atoms with Crippen molar-refractivity contribution in [2.45, 2.75) is 39.3 Å². The van der Waals surface area contributed by atoms with Gasteiger partial charge in [0.05, 0.1) is 5.69 Å². The molecule has 0 saturated heterocycles. The van der Waals surface area contributed by atoms with E-state index in [1.54, 1.807) is 7.11 Å². The number of hydrogen-bond donors (Lipinski definition) is 1. The molecule has 1 aliphatic rings. The summed E-state index contributed by atoms with van der Waals surface area (Å²) >= 11 is 0. The Hall–Kier alpha value is -1.00. The first-order valence-electron chi connectivity index (χ1n) is 5.88. The molecule has 16 heavy (non-hydrogen) atoms. The molecule has 0 radical (unpaired) electrons. The van der Waals surface area contributed by atoms with Crippen LogP contribution in [0.25, 0.3) is 0 Å². The standard InChI is InChI=1S/C12H19N3O/c1-4-10-9-5-6-13-7-11(9)15-12(14-10)8(2)16-3/h8,13H,4-7H2,1-3H3. The molecule has 0 saturated carbocycles. The van der Waals surface area contributed by atoms with Gasteiger partial charge in [-0.05, 0) is 31.9 Å². The normalized spacial score (nSPS) is 16.9. The van der Waals surface area contributed by atoms with Gasteiger partial charge in [0.1, 0.15) is 6.10 Å². The van der Waals surface area contributed by atoms with Gasteiger partial charge in [0.25, 0.3) is 0 Å². The van der Waals surface area contributed by atoms with E-state index < -0.39 is 0 Å². The van der Waals surface area contributed by atoms with Gasteiger partial charge in [-0.25, -0.2) is 9.97 Å². The second kappa shape index (κ2) is 4.89. The molecule has 1 atom stereocenters. The molecule has 88 valence electrons. The molecule has 0 aliphatic carbocycles. The predicted molar refractivity (Wildman–Crippen MR) is 62.2 cm³/mol. The van der Waals surface area contributed by atoms with E-state index in [1.165, 1.54) is 11.3 Å². The average molecular weight is 221 g/mol. The van der Waals surface area contributed by atoms with Gasteiger partial charge >= 0.3 is 0 Å². The van der Waals surface area contributed by atoms with E-state index in [1.807, 2.05) is 6.92 Å². The molecule has 4 heteroatoms. The number of ether oxygens (including phenoxy) is 1. The first-order chi connectivity index (χ1) is 7.76. The summed E-state index contributed by atoms with van der Waals surface area (Å²) in [5.41, 5.74) is 3.68. The van der Waals surface area contributed by atoms with E-state index in [0.717, 1.165) is 37.4 Å².